The van der Waals surface area contributed by atoms with Crippen molar-refractivity contribution in [2.24, 2.45) is 0 Å². The van der Waals surface area contributed by atoms with Crippen molar-refractivity contribution in [2.75, 3.05) is 31.4 Å². The topological polar surface area (TPSA) is 70.2 Å². The van der Waals surface area contributed by atoms with E-state index in [0.29, 0.717) is 0 Å². The SMILES string of the molecule is C=CNc1nccc(-c2ccc(NN[C@@H](CNC)CC3=CC=C(OC)C=CC3)s2)c1CC. The van der Waals surface area contributed by atoms with Gasteiger partial charge in [0.15, 0.2) is 0 Å². The van der Waals surface area contributed by atoms with Crippen LogP contribution in [0.4, 0.5) is 10.8 Å². The molecular weight excluding hydrogens is 418 g/mol. The third-order valence-electron chi connectivity index (χ3n) is 5.26. The van der Waals surface area contributed by atoms with Crippen molar-refractivity contribution in [3.05, 3.63) is 78.4 Å². The average molecular weight is 452 g/mol. The van der Waals surface area contributed by atoms with E-state index in [-0.39, 0.29) is 6.04 Å². The molecule has 0 saturated heterocycles. The summed E-state index contributed by atoms with van der Waals surface area (Å²) in [5.41, 5.74) is 10.7. The molecule has 1 aliphatic rings. The van der Waals surface area contributed by atoms with Gasteiger partial charge in [-0.25, -0.2) is 10.4 Å². The average Bonchev–Trinajstić information content (AvgIpc) is 3.16. The van der Waals surface area contributed by atoms with E-state index in [4.69, 9.17) is 4.74 Å². The molecule has 2 aromatic heterocycles. The van der Waals surface area contributed by atoms with Gasteiger partial charge in [-0.2, -0.15) is 0 Å². The van der Waals surface area contributed by atoms with Gasteiger partial charge in [-0.1, -0.05) is 31.2 Å². The van der Waals surface area contributed by atoms with Crippen molar-refractivity contribution in [3.8, 4) is 10.4 Å². The molecule has 170 valence electrons. The maximum Gasteiger partial charge on any atom is 0.133 e. The molecule has 32 heavy (non-hydrogen) atoms. The molecule has 6 nitrogen and oxygen atoms in total. The van der Waals surface area contributed by atoms with E-state index < -0.39 is 0 Å². The molecular formula is C25H33N5OS. The van der Waals surface area contributed by atoms with Crippen LogP contribution in [0.1, 0.15) is 25.3 Å². The number of nitrogens with one attached hydrogen (secondary N) is 4. The standard InChI is InChI=1S/C25H33N5OS/c1-5-21-22(14-15-28-25(21)27-6-2)23-12-13-24(32-23)30-29-19(17-26-3)16-18-8-7-9-20(31-4)11-10-18/h6-7,9-15,19,26,29-30H,2,5,8,16-17H2,1,3-4H3,(H,27,28)/t19-/m1/s1. The molecule has 0 spiro atoms. The molecule has 1 atom stereocenters. The highest BCUT2D eigenvalue weighted by Crippen LogP contribution is 2.35. The number of nitrogens with zero attached hydrogens (tertiary/aromatic N) is 1. The first kappa shape index (κ1) is 23.8. The van der Waals surface area contributed by atoms with Crippen molar-refractivity contribution >= 4 is 22.2 Å². The number of rotatable bonds is 12. The summed E-state index contributed by atoms with van der Waals surface area (Å²) in [6, 6.07) is 6.60. The Hall–Kier alpha value is -2.87. The van der Waals surface area contributed by atoms with Crippen LogP contribution in [0.15, 0.2) is 72.8 Å². The number of likely N-dealkylation sites (N-methyl/N-ethyl adjacent to an activating group) is 1. The fourth-order valence-electron chi connectivity index (χ4n) is 3.70. The van der Waals surface area contributed by atoms with Gasteiger partial charge in [-0.15, -0.1) is 11.3 Å². The summed E-state index contributed by atoms with van der Waals surface area (Å²) in [4.78, 5) is 5.66. The van der Waals surface area contributed by atoms with E-state index in [1.165, 1.54) is 21.6 Å². The normalized spacial score (nSPS) is 14.2. The lowest BCUT2D eigenvalue weighted by molar-refractivity contribution is 0.307. The second kappa shape index (κ2) is 12.2. The van der Waals surface area contributed by atoms with Crippen molar-refractivity contribution in [1.29, 1.82) is 0 Å². The van der Waals surface area contributed by atoms with E-state index in [1.54, 1.807) is 24.6 Å². The number of ether oxygens (including phenoxy) is 1. The van der Waals surface area contributed by atoms with E-state index in [2.05, 4.69) is 70.3 Å². The van der Waals surface area contributed by atoms with E-state index in [1.807, 2.05) is 25.4 Å². The minimum absolute atomic E-state index is 0.248. The van der Waals surface area contributed by atoms with Gasteiger partial charge in [0.2, 0.25) is 0 Å². The first-order valence-corrected chi connectivity index (χ1v) is 11.7. The molecule has 1 aliphatic carbocycles. The molecule has 4 N–H and O–H groups in total. The predicted molar refractivity (Wildman–Crippen MR) is 137 cm³/mol. The Morgan fingerprint density at radius 1 is 1.28 bits per heavy atom. The Bertz CT molecular complexity index is 992. The van der Waals surface area contributed by atoms with E-state index in [9.17, 15) is 0 Å². The fraction of sp³-hybridized carbons (Fsp3) is 0.320. The lowest BCUT2D eigenvalue weighted by Crippen LogP contribution is -2.40. The molecule has 0 radical (unpaired) electrons. The zero-order chi connectivity index (χ0) is 22.8. The van der Waals surface area contributed by atoms with Gasteiger partial charge < -0.3 is 20.8 Å². The highest BCUT2D eigenvalue weighted by atomic mass is 32.1. The molecule has 2 aromatic rings. The fourth-order valence-corrected chi connectivity index (χ4v) is 4.62. The zero-order valence-electron chi connectivity index (χ0n) is 19.1. The number of hydrogen-bond acceptors (Lipinski definition) is 7. The summed E-state index contributed by atoms with van der Waals surface area (Å²) in [5, 5.41) is 7.51. The van der Waals surface area contributed by atoms with E-state index in [0.717, 1.165) is 42.4 Å². The van der Waals surface area contributed by atoms with Crippen molar-refractivity contribution in [2.45, 2.75) is 32.2 Å². The van der Waals surface area contributed by atoms with Crippen LogP contribution in [0.25, 0.3) is 10.4 Å². The van der Waals surface area contributed by atoms with Gasteiger partial charge in [0, 0.05) is 34.8 Å². The van der Waals surface area contributed by atoms with Gasteiger partial charge in [-0.05, 0) is 62.9 Å². The summed E-state index contributed by atoms with van der Waals surface area (Å²) in [5.74, 6) is 1.75. The maximum absolute atomic E-state index is 5.33. The molecule has 0 aromatic carbocycles. The summed E-state index contributed by atoms with van der Waals surface area (Å²) in [6.45, 7) is 6.76. The second-order valence-corrected chi connectivity index (χ2v) is 8.57. The predicted octanol–water partition coefficient (Wildman–Crippen LogP) is 5.24. The monoisotopic (exact) mass is 451 g/mol. The lowest BCUT2D eigenvalue weighted by Gasteiger charge is -2.20. The van der Waals surface area contributed by atoms with Crippen molar-refractivity contribution in [3.63, 3.8) is 0 Å². The molecule has 2 heterocycles. The summed E-state index contributed by atoms with van der Waals surface area (Å²) < 4.78 is 5.33. The molecule has 0 saturated carbocycles. The number of pyridine rings is 1. The number of allylic oxidation sites excluding steroid dienone is 4. The maximum atomic E-state index is 5.33. The smallest absolute Gasteiger partial charge is 0.133 e. The van der Waals surface area contributed by atoms with Gasteiger partial charge in [0.25, 0.3) is 0 Å². The van der Waals surface area contributed by atoms with Crippen LogP contribution in [-0.2, 0) is 11.2 Å². The van der Waals surface area contributed by atoms with E-state index >= 15 is 0 Å². The van der Waals surface area contributed by atoms with Gasteiger partial charge >= 0.3 is 0 Å². The Labute approximate surface area is 195 Å². The Balaban J connectivity index is 1.67. The van der Waals surface area contributed by atoms with Crippen LogP contribution >= 0.6 is 11.3 Å². The van der Waals surface area contributed by atoms with Crippen molar-refractivity contribution < 1.29 is 4.74 Å². The summed E-state index contributed by atoms with van der Waals surface area (Å²) >= 11 is 1.73. The van der Waals surface area contributed by atoms with Crippen LogP contribution in [0.5, 0.6) is 0 Å². The number of hydrogen-bond donors (Lipinski definition) is 4. The zero-order valence-corrected chi connectivity index (χ0v) is 19.9. The van der Waals surface area contributed by atoms with Crippen LogP contribution in [0, 0.1) is 0 Å². The minimum atomic E-state index is 0.248. The Morgan fingerprint density at radius 3 is 2.91 bits per heavy atom. The Kier molecular flexibility index (Phi) is 9.10. The molecule has 3 rings (SSSR count). The molecule has 0 amide bonds. The summed E-state index contributed by atoms with van der Waals surface area (Å²) in [7, 11) is 3.68. The number of hydrazine groups is 1. The molecule has 0 aliphatic heterocycles. The highest BCUT2D eigenvalue weighted by molar-refractivity contribution is 7.19. The lowest BCUT2D eigenvalue weighted by atomic mass is 10.0. The quantitative estimate of drug-likeness (QED) is 0.331. The minimum Gasteiger partial charge on any atom is -0.497 e. The molecule has 7 heteroatoms. The van der Waals surface area contributed by atoms with Crippen LogP contribution in [0.2, 0.25) is 0 Å². The van der Waals surface area contributed by atoms with Gasteiger partial charge in [0.05, 0.1) is 7.11 Å². The van der Waals surface area contributed by atoms with Crippen LogP contribution < -0.4 is 21.5 Å². The largest absolute Gasteiger partial charge is 0.497 e. The van der Waals surface area contributed by atoms with Crippen LogP contribution in [-0.4, -0.2) is 31.7 Å². The number of thiophene rings is 1. The third kappa shape index (κ3) is 6.32. The molecule has 0 bridgehead atoms. The Morgan fingerprint density at radius 2 is 2.16 bits per heavy atom. The first-order valence-electron chi connectivity index (χ1n) is 10.9. The van der Waals surface area contributed by atoms with Gasteiger partial charge in [0.1, 0.15) is 16.6 Å². The highest BCUT2D eigenvalue weighted by Gasteiger charge is 2.14. The number of aromatic nitrogens is 1. The van der Waals surface area contributed by atoms with Crippen LogP contribution in [0.3, 0.4) is 0 Å². The second-order valence-electron chi connectivity index (χ2n) is 7.48. The van der Waals surface area contributed by atoms with Gasteiger partial charge in [-0.3, -0.25) is 0 Å². The third-order valence-corrected chi connectivity index (χ3v) is 6.29. The molecule has 0 fully saturated rings. The summed E-state index contributed by atoms with van der Waals surface area (Å²) in [6.07, 6.45) is 14.6. The number of anilines is 2. The molecule has 0 unspecified atom stereocenters. The van der Waals surface area contributed by atoms with Crippen molar-refractivity contribution in [1.82, 2.24) is 15.7 Å². The first-order chi connectivity index (χ1) is 15.7. The number of methoxy groups -OCH3 is 1.